The SMILES string of the molecule is CCCc1cc(-c2nnc(SCC(=O)Nc3sc(C(N)=O)c(C)c3C(=O)OCC)n2C)cs1. The molecule has 0 unspecified atom stereocenters. The van der Waals surface area contributed by atoms with Crippen molar-refractivity contribution in [2.45, 2.75) is 38.8 Å². The highest BCUT2D eigenvalue weighted by atomic mass is 32.2. The van der Waals surface area contributed by atoms with E-state index in [2.05, 4.69) is 33.9 Å². The zero-order valence-electron chi connectivity index (χ0n) is 18.8. The minimum atomic E-state index is -0.667. The smallest absolute Gasteiger partial charge is 0.341 e. The number of nitrogens with two attached hydrogens (primary N) is 1. The molecule has 0 spiro atoms. The molecule has 0 bridgehead atoms. The van der Waals surface area contributed by atoms with Crippen LogP contribution in [-0.4, -0.2) is 44.9 Å². The number of hydrogen-bond donors (Lipinski definition) is 2. The van der Waals surface area contributed by atoms with Crippen molar-refractivity contribution in [2.24, 2.45) is 12.8 Å². The molecule has 2 amide bonds. The molecular weight excluding hydrogens is 482 g/mol. The molecule has 12 heteroatoms. The van der Waals surface area contributed by atoms with Gasteiger partial charge in [-0.2, -0.15) is 0 Å². The van der Waals surface area contributed by atoms with Gasteiger partial charge in [0.2, 0.25) is 5.91 Å². The molecule has 0 saturated heterocycles. The Morgan fingerprint density at radius 1 is 1.27 bits per heavy atom. The summed E-state index contributed by atoms with van der Waals surface area (Å²) >= 11 is 3.88. The molecule has 3 rings (SSSR count). The lowest BCUT2D eigenvalue weighted by atomic mass is 10.1. The number of aromatic nitrogens is 3. The summed E-state index contributed by atoms with van der Waals surface area (Å²) in [6.45, 7) is 5.59. The van der Waals surface area contributed by atoms with Gasteiger partial charge in [-0.15, -0.1) is 32.9 Å². The van der Waals surface area contributed by atoms with Crippen molar-refractivity contribution in [3.05, 3.63) is 32.3 Å². The summed E-state index contributed by atoms with van der Waals surface area (Å²) in [5, 5.41) is 14.1. The molecule has 176 valence electrons. The van der Waals surface area contributed by atoms with Gasteiger partial charge in [0.1, 0.15) is 5.00 Å². The van der Waals surface area contributed by atoms with Crippen molar-refractivity contribution >= 4 is 57.2 Å². The molecule has 3 heterocycles. The van der Waals surface area contributed by atoms with E-state index in [0.29, 0.717) is 10.7 Å². The maximum atomic E-state index is 12.6. The number of nitrogens with zero attached hydrogens (tertiary/aromatic N) is 3. The molecule has 9 nitrogen and oxygen atoms in total. The van der Waals surface area contributed by atoms with Crippen molar-refractivity contribution in [2.75, 3.05) is 17.7 Å². The molecule has 3 aromatic rings. The number of hydrogen-bond acceptors (Lipinski definition) is 9. The van der Waals surface area contributed by atoms with Crippen LogP contribution in [-0.2, 0) is 23.0 Å². The number of anilines is 1. The summed E-state index contributed by atoms with van der Waals surface area (Å²) in [6.07, 6.45) is 2.11. The standard InChI is InChI=1S/C21H25N5O4S3/c1-5-7-13-8-12(9-31-13)18-24-25-21(26(18)4)32-10-14(27)23-19-15(20(29)30-6-2)11(3)16(33-19)17(22)28/h8-9H,5-7,10H2,1-4H3,(H2,22,28)(H,23,27). The molecule has 0 aliphatic rings. The average molecular weight is 508 g/mol. The summed E-state index contributed by atoms with van der Waals surface area (Å²) in [5.74, 6) is -0.853. The molecule has 0 radical (unpaired) electrons. The summed E-state index contributed by atoms with van der Waals surface area (Å²) in [7, 11) is 1.85. The van der Waals surface area contributed by atoms with E-state index < -0.39 is 11.9 Å². The molecule has 3 aromatic heterocycles. The number of thiophene rings is 2. The fourth-order valence-corrected chi connectivity index (χ4v) is 5.89. The lowest BCUT2D eigenvalue weighted by Gasteiger charge is -2.07. The summed E-state index contributed by atoms with van der Waals surface area (Å²) < 4.78 is 6.92. The van der Waals surface area contributed by atoms with E-state index in [1.54, 1.807) is 25.2 Å². The van der Waals surface area contributed by atoms with Crippen LogP contribution in [0.2, 0.25) is 0 Å². The maximum absolute atomic E-state index is 12.6. The molecule has 0 aromatic carbocycles. The number of carbonyl (C=O) groups excluding carboxylic acids is 3. The number of carbonyl (C=O) groups is 3. The van der Waals surface area contributed by atoms with Gasteiger partial charge < -0.3 is 20.4 Å². The molecule has 0 fully saturated rings. The Morgan fingerprint density at radius 3 is 2.70 bits per heavy atom. The van der Waals surface area contributed by atoms with E-state index in [9.17, 15) is 14.4 Å². The van der Waals surface area contributed by atoms with Crippen LogP contribution in [0.25, 0.3) is 11.4 Å². The molecule has 33 heavy (non-hydrogen) atoms. The van der Waals surface area contributed by atoms with E-state index in [-0.39, 0.29) is 33.7 Å². The van der Waals surface area contributed by atoms with E-state index >= 15 is 0 Å². The van der Waals surface area contributed by atoms with E-state index in [4.69, 9.17) is 10.5 Å². The van der Waals surface area contributed by atoms with E-state index in [1.165, 1.54) is 16.6 Å². The monoisotopic (exact) mass is 507 g/mol. The summed E-state index contributed by atoms with van der Waals surface area (Å²) in [5.41, 5.74) is 6.95. The van der Waals surface area contributed by atoms with Gasteiger partial charge in [0.25, 0.3) is 5.91 Å². The van der Waals surface area contributed by atoms with Gasteiger partial charge in [-0.3, -0.25) is 9.59 Å². The Hall–Kier alpha value is -2.70. The van der Waals surface area contributed by atoms with Crippen molar-refractivity contribution in [1.82, 2.24) is 14.8 Å². The van der Waals surface area contributed by atoms with Crippen LogP contribution >= 0.6 is 34.4 Å². The van der Waals surface area contributed by atoms with Gasteiger partial charge in [-0.1, -0.05) is 25.1 Å². The van der Waals surface area contributed by atoms with Crippen LogP contribution < -0.4 is 11.1 Å². The lowest BCUT2D eigenvalue weighted by molar-refractivity contribution is -0.113. The zero-order valence-corrected chi connectivity index (χ0v) is 21.2. The van der Waals surface area contributed by atoms with Crippen LogP contribution in [0, 0.1) is 6.92 Å². The molecule has 0 saturated carbocycles. The second-order valence-electron chi connectivity index (χ2n) is 7.10. The quantitative estimate of drug-likeness (QED) is 0.315. The first-order valence-corrected chi connectivity index (χ1v) is 12.9. The number of nitrogens with one attached hydrogen (secondary N) is 1. The highest BCUT2D eigenvalue weighted by Crippen LogP contribution is 2.34. The normalized spacial score (nSPS) is 10.9. The zero-order chi connectivity index (χ0) is 24.1. The number of esters is 1. The number of amides is 2. The Labute approximate surface area is 203 Å². The van der Waals surface area contributed by atoms with Crippen LogP contribution in [0.15, 0.2) is 16.6 Å². The molecular formula is C21H25N5O4S3. The highest BCUT2D eigenvalue weighted by Gasteiger charge is 2.26. The Balaban J connectivity index is 1.71. The first-order valence-electron chi connectivity index (χ1n) is 10.3. The highest BCUT2D eigenvalue weighted by molar-refractivity contribution is 7.99. The third-order valence-electron chi connectivity index (χ3n) is 4.68. The van der Waals surface area contributed by atoms with Gasteiger partial charge in [-0.05, 0) is 31.9 Å². The number of aryl methyl sites for hydroxylation is 1. The van der Waals surface area contributed by atoms with Crippen LogP contribution in [0.1, 0.15) is 50.7 Å². The first kappa shape index (κ1) is 24.9. The number of rotatable bonds is 10. The van der Waals surface area contributed by atoms with Crippen molar-refractivity contribution in [1.29, 1.82) is 0 Å². The lowest BCUT2D eigenvalue weighted by Crippen LogP contribution is -2.17. The first-order chi connectivity index (χ1) is 15.8. The summed E-state index contributed by atoms with van der Waals surface area (Å²) in [6, 6.07) is 2.12. The number of ether oxygens (including phenoxy) is 1. The van der Waals surface area contributed by atoms with E-state index in [1.807, 2.05) is 11.6 Å². The molecule has 0 aliphatic heterocycles. The maximum Gasteiger partial charge on any atom is 0.341 e. The minimum Gasteiger partial charge on any atom is -0.462 e. The average Bonchev–Trinajstić information content (AvgIpc) is 3.44. The van der Waals surface area contributed by atoms with Crippen molar-refractivity contribution in [3.63, 3.8) is 0 Å². The molecule has 3 N–H and O–H groups in total. The number of primary amides is 1. The third-order valence-corrected chi connectivity index (χ3v) is 7.92. The van der Waals surface area contributed by atoms with Gasteiger partial charge in [0.15, 0.2) is 11.0 Å². The molecule has 0 atom stereocenters. The predicted molar refractivity (Wildman–Crippen MR) is 131 cm³/mol. The topological polar surface area (TPSA) is 129 Å². The van der Waals surface area contributed by atoms with Gasteiger partial charge >= 0.3 is 5.97 Å². The fourth-order valence-electron chi connectivity index (χ4n) is 3.15. The van der Waals surface area contributed by atoms with Crippen LogP contribution in [0.5, 0.6) is 0 Å². The van der Waals surface area contributed by atoms with E-state index in [0.717, 1.165) is 35.6 Å². The second-order valence-corrected chi connectivity index (χ2v) is 10.1. The van der Waals surface area contributed by atoms with Gasteiger partial charge in [-0.25, -0.2) is 4.79 Å². The summed E-state index contributed by atoms with van der Waals surface area (Å²) in [4.78, 5) is 38.2. The third kappa shape index (κ3) is 5.63. The Kier molecular flexibility index (Phi) is 8.27. The number of thioether (sulfide) groups is 1. The van der Waals surface area contributed by atoms with Gasteiger partial charge in [0.05, 0.1) is 22.8 Å². The minimum absolute atomic E-state index is 0.0435. The predicted octanol–water partition coefficient (Wildman–Crippen LogP) is 3.87. The largest absolute Gasteiger partial charge is 0.462 e. The van der Waals surface area contributed by atoms with Crippen LogP contribution in [0.3, 0.4) is 0 Å². The van der Waals surface area contributed by atoms with Crippen LogP contribution in [0.4, 0.5) is 5.00 Å². The fraction of sp³-hybridized carbons (Fsp3) is 0.381. The second kappa shape index (κ2) is 10.9. The van der Waals surface area contributed by atoms with Crippen molar-refractivity contribution < 1.29 is 19.1 Å². The Bertz CT molecular complexity index is 1180. The van der Waals surface area contributed by atoms with Crippen molar-refractivity contribution in [3.8, 4) is 11.4 Å². The Morgan fingerprint density at radius 2 is 2.03 bits per heavy atom. The van der Waals surface area contributed by atoms with Gasteiger partial charge in [0, 0.05) is 22.9 Å². The molecule has 0 aliphatic carbocycles.